The van der Waals surface area contributed by atoms with Crippen LogP contribution in [0.4, 0.5) is 13.2 Å². The number of hydrogen-bond acceptors (Lipinski definition) is 5. The molecule has 0 aromatic rings. The van der Waals surface area contributed by atoms with Gasteiger partial charge in [0.15, 0.2) is 6.04 Å². The van der Waals surface area contributed by atoms with E-state index in [9.17, 15) is 13.2 Å². The van der Waals surface area contributed by atoms with Crippen molar-refractivity contribution in [2.75, 3.05) is 0 Å². The maximum absolute atomic E-state index is 13.4. The molecule has 0 bridgehead atoms. The molecule has 0 aliphatic heterocycles. The molecule has 7 N–H and O–H groups in total. The molecule has 23 heavy (non-hydrogen) atoms. The van der Waals surface area contributed by atoms with Crippen LogP contribution in [-0.2, 0) is 0 Å². The number of rotatable bonds is 7. The zero-order valence-corrected chi connectivity index (χ0v) is 13.5. The summed E-state index contributed by atoms with van der Waals surface area (Å²) in [6, 6.07) is -2.85. The van der Waals surface area contributed by atoms with Crippen molar-refractivity contribution in [3.05, 3.63) is 47.9 Å². The van der Waals surface area contributed by atoms with E-state index in [0.29, 0.717) is 0 Å². The predicted molar refractivity (Wildman–Crippen MR) is 88.2 cm³/mol. The summed E-state index contributed by atoms with van der Waals surface area (Å²) >= 11 is 0. The molecule has 0 fully saturated rings. The molecule has 0 saturated heterocycles. The Balaban J connectivity index is 5.86. The average molecular weight is 331 g/mol. The van der Waals surface area contributed by atoms with Crippen LogP contribution in [0.2, 0.25) is 0 Å². The Labute approximate surface area is 134 Å². The van der Waals surface area contributed by atoms with Gasteiger partial charge < -0.3 is 22.6 Å². The Morgan fingerprint density at radius 1 is 1.26 bits per heavy atom. The number of allylic oxidation sites excluding steroid dienone is 5. The molecular weight excluding hydrogens is 307 g/mol. The predicted octanol–water partition coefficient (Wildman–Crippen LogP) is 2.05. The Morgan fingerprint density at radius 2 is 1.83 bits per heavy atom. The molecule has 2 unspecified atom stereocenters. The zero-order valence-electron chi connectivity index (χ0n) is 13.5. The van der Waals surface area contributed by atoms with Gasteiger partial charge in [-0.2, -0.15) is 18.3 Å². The van der Waals surface area contributed by atoms with E-state index in [0.717, 1.165) is 0 Å². The zero-order chi connectivity index (χ0) is 18.2. The number of nitrogens with two attached hydrogens (primary N) is 3. The van der Waals surface area contributed by atoms with Crippen LogP contribution in [0.3, 0.4) is 0 Å². The van der Waals surface area contributed by atoms with Crippen LogP contribution in [0.1, 0.15) is 20.8 Å². The smallest absolute Gasteiger partial charge is 0.400 e. The van der Waals surface area contributed by atoms with Crippen molar-refractivity contribution in [1.29, 1.82) is 0 Å². The lowest BCUT2D eigenvalue weighted by molar-refractivity contribution is -0.145. The van der Waals surface area contributed by atoms with Crippen molar-refractivity contribution >= 4 is 5.71 Å². The molecule has 0 aromatic heterocycles. The molecule has 130 valence electrons. The van der Waals surface area contributed by atoms with Gasteiger partial charge in [-0.15, -0.1) is 0 Å². The lowest BCUT2D eigenvalue weighted by atomic mass is 9.98. The van der Waals surface area contributed by atoms with Gasteiger partial charge in [-0.1, -0.05) is 24.8 Å². The number of hydrogen-bond donors (Lipinski definition) is 4. The number of alkyl halides is 3. The number of halogens is 3. The van der Waals surface area contributed by atoms with Gasteiger partial charge in [-0.3, -0.25) is 0 Å². The second-order valence-electron chi connectivity index (χ2n) is 4.96. The van der Waals surface area contributed by atoms with Crippen LogP contribution < -0.4 is 22.6 Å². The summed E-state index contributed by atoms with van der Waals surface area (Å²) in [4.78, 5) is 0. The molecule has 5 nitrogen and oxygen atoms in total. The summed E-state index contributed by atoms with van der Waals surface area (Å²) in [6.07, 6.45) is 1.52. The summed E-state index contributed by atoms with van der Waals surface area (Å²) in [5.74, 6) is 5.15. The molecule has 0 aliphatic carbocycles. The summed E-state index contributed by atoms with van der Waals surface area (Å²) in [6.45, 7) is 7.94. The SMILES string of the molecule is C=C/C=C\C=C(/C)NC(C(N)=C(C(C)=NN)C(C)N)C(F)(F)F. The Bertz CT molecular complexity index is 528. The minimum Gasteiger partial charge on any atom is -0.400 e. The maximum atomic E-state index is 13.4. The van der Waals surface area contributed by atoms with Gasteiger partial charge in [0.2, 0.25) is 0 Å². The van der Waals surface area contributed by atoms with Crippen LogP contribution in [-0.4, -0.2) is 24.0 Å². The second-order valence-corrected chi connectivity index (χ2v) is 4.96. The van der Waals surface area contributed by atoms with Gasteiger partial charge in [0.05, 0.1) is 5.71 Å². The average Bonchev–Trinajstić information content (AvgIpc) is 2.43. The van der Waals surface area contributed by atoms with Crippen molar-refractivity contribution in [3.8, 4) is 0 Å². The highest BCUT2D eigenvalue weighted by Gasteiger charge is 2.43. The van der Waals surface area contributed by atoms with Gasteiger partial charge in [-0.25, -0.2) is 0 Å². The van der Waals surface area contributed by atoms with E-state index in [-0.39, 0.29) is 17.0 Å². The summed E-state index contributed by atoms with van der Waals surface area (Å²) in [5, 5.41) is 5.75. The molecule has 0 aliphatic rings. The quantitative estimate of drug-likeness (QED) is 0.248. The van der Waals surface area contributed by atoms with Crippen molar-refractivity contribution in [2.24, 2.45) is 22.4 Å². The summed E-state index contributed by atoms with van der Waals surface area (Å²) in [5.41, 5.74) is 11.5. The molecular formula is C15H24F3N5. The Kier molecular flexibility index (Phi) is 8.17. The minimum atomic E-state index is -4.61. The number of hydrazone groups is 1. The van der Waals surface area contributed by atoms with E-state index < -0.39 is 24.0 Å². The van der Waals surface area contributed by atoms with Crippen LogP contribution in [0.15, 0.2) is 53.0 Å². The molecule has 0 aromatic carbocycles. The van der Waals surface area contributed by atoms with Crippen molar-refractivity contribution < 1.29 is 13.2 Å². The van der Waals surface area contributed by atoms with Crippen LogP contribution >= 0.6 is 0 Å². The fourth-order valence-electron chi connectivity index (χ4n) is 1.92. The molecule has 0 heterocycles. The number of nitrogens with one attached hydrogen (secondary N) is 1. The standard InChI is InChI=1S/C15H24F3N5/c1-5-6-7-8-9(2)22-14(15(16,17)18)13(20)12(10(3)19)11(4)23-21/h5-8,10,14,22H,1,19-21H2,2-4H3/b7-6-,9-8+,13-12?,23-11?. The van der Waals surface area contributed by atoms with Gasteiger partial charge in [0.1, 0.15) is 0 Å². The van der Waals surface area contributed by atoms with Gasteiger partial charge in [0, 0.05) is 23.0 Å². The Morgan fingerprint density at radius 3 is 2.22 bits per heavy atom. The molecule has 0 rings (SSSR count). The first-order valence-corrected chi connectivity index (χ1v) is 6.85. The minimum absolute atomic E-state index is 0.0664. The van der Waals surface area contributed by atoms with Gasteiger partial charge >= 0.3 is 6.18 Å². The van der Waals surface area contributed by atoms with Gasteiger partial charge in [-0.05, 0) is 26.8 Å². The van der Waals surface area contributed by atoms with E-state index in [1.165, 1.54) is 32.9 Å². The lowest BCUT2D eigenvalue weighted by Crippen LogP contribution is -2.47. The third-order valence-electron chi connectivity index (χ3n) is 2.95. The fraction of sp³-hybridized carbons (Fsp3) is 0.400. The highest BCUT2D eigenvalue weighted by Crippen LogP contribution is 2.26. The largest absolute Gasteiger partial charge is 0.414 e. The summed E-state index contributed by atoms with van der Waals surface area (Å²) < 4.78 is 40.1. The van der Waals surface area contributed by atoms with Crippen molar-refractivity contribution in [3.63, 3.8) is 0 Å². The summed E-state index contributed by atoms with van der Waals surface area (Å²) in [7, 11) is 0. The van der Waals surface area contributed by atoms with Crippen LogP contribution in [0.25, 0.3) is 0 Å². The van der Waals surface area contributed by atoms with Crippen LogP contribution in [0.5, 0.6) is 0 Å². The van der Waals surface area contributed by atoms with Crippen molar-refractivity contribution in [1.82, 2.24) is 5.32 Å². The van der Waals surface area contributed by atoms with E-state index in [4.69, 9.17) is 17.3 Å². The van der Waals surface area contributed by atoms with E-state index in [1.807, 2.05) is 0 Å². The first kappa shape index (κ1) is 20.8. The van der Waals surface area contributed by atoms with Crippen LogP contribution in [0, 0.1) is 0 Å². The first-order chi connectivity index (χ1) is 10.6. The highest BCUT2D eigenvalue weighted by atomic mass is 19.4. The molecule has 0 saturated carbocycles. The van der Waals surface area contributed by atoms with E-state index >= 15 is 0 Å². The first-order valence-electron chi connectivity index (χ1n) is 6.85. The molecule has 0 radical (unpaired) electrons. The van der Waals surface area contributed by atoms with E-state index in [1.54, 1.807) is 12.2 Å². The third-order valence-corrected chi connectivity index (χ3v) is 2.95. The molecule has 2 atom stereocenters. The lowest BCUT2D eigenvalue weighted by Gasteiger charge is -2.26. The molecule has 0 spiro atoms. The normalized spacial score (nSPS) is 17.7. The maximum Gasteiger partial charge on any atom is 0.414 e. The molecule has 0 amide bonds. The van der Waals surface area contributed by atoms with E-state index in [2.05, 4.69) is 17.0 Å². The monoisotopic (exact) mass is 331 g/mol. The fourth-order valence-corrected chi connectivity index (χ4v) is 1.92. The number of nitrogens with zero attached hydrogens (tertiary/aromatic N) is 1. The topological polar surface area (TPSA) is 102 Å². The second kappa shape index (κ2) is 9.04. The molecule has 8 heteroatoms. The van der Waals surface area contributed by atoms with Gasteiger partial charge in [0.25, 0.3) is 0 Å². The third kappa shape index (κ3) is 6.60. The Hall–Kier alpha value is -2.22. The highest BCUT2D eigenvalue weighted by molar-refractivity contribution is 5.99. The van der Waals surface area contributed by atoms with Crippen molar-refractivity contribution in [2.45, 2.75) is 39.0 Å².